The topological polar surface area (TPSA) is 76.2 Å². The van der Waals surface area contributed by atoms with Crippen molar-refractivity contribution in [1.29, 1.82) is 0 Å². The number of aromatic amines is 1. The number of halogens is 3. The van der Waals surface area contributed by atoms with Crippen LogP contribution in [-0.4, -0.2) is 23.2 Å². The van der Waals surface area contributed by atoms with Crippen molar-refractivity contribution < 1.29 is 27.4 Å². The first kappa shape index (κ1) is 20.8. The van der Waals surface area contributed by atoms with Crippen LogP contribution in [0.25, 0.3) is 0 Å². The van der Waals surface area contributed by atoms with Gasteiger partial charge in [0.05, 0.1) is 18.2 Å². The molecule has 1 aliphatic rings. The Morgan fingerprint density at radius 3 is 2.68 bits per heavy atom. The van der Waals surface area contributed by atoms with E-state index in [4.69, 9.17) is 9.47 Å². The van der Waals surface area contributed by atoms with Gasteiger partial charge in [0.15, 0.2) is 5.82 Å². The summed E-state index contributed by atoms with van der Waals surface area (Å²) in [6.45, 7) is 1.71. The van der Waals surface area contributed by atoms with Crippen LogP contribution in [0.3, 0.4) is 0 Å². The van der Waals surface area contributed by atoms with E-state index in [0.29, 0.717) is 23.0 Å². The molecule has 9 heteroatoms. The van der Waals surface area contributed by atoms with E-state index in [-0.39, 0.29) is 24.9 Å². The smallest absolute Gasteiger partial charge is 0.416 e. The Labute approximate surface area is 176 Å². The lowest BCUT2D eigenvalue weighted by Gasteiger charge is -2.25. The quantitative estimate of drug-likeness (QED) is 0.609. The van der Waals surface area contributed by atoms with Gasteiger partial charge in [-0.1, -0.05) is 24.3 Å². The van der Waals surface area contributed by atoms with Crippen molar-refractivity contribution in [2.24, 2.45) is 0 Å². The average molecular weight is 431 g/mol. The number of methoxy groups -OCH3 is 1. The molecule has 1 unspecified atom stereocenters. The van der Waals surface area contributed by atoms with Gasteiger partial charge in [0, 0.05) is 12.3 Å². The number of nitrogens with one attached hydrogen (secondary N) is 2. The lowest BCUT2D eigenvalue weighted by Crippen LogP contribution is -2.24. The Balaban J connectivity index is 1.63. The molecule has 6 nitrogen and oxygen atoms in total. The Morgan fingerprint density at radius 1 is 1.19 bits per heavy atom. The van der Waals surface area contributed by atoms with E-state index in [9.17, 15) is 18.0 Å². The number of anilines is 1. The molecule has 0 fully saturated rings. The summed E-state index contributed by atoms with van der Waals surface area (Å²) in [5.41, 5.74) is 2.10. The fourth-order valence-corrected chi connectivity index (χ4v) is 3.79. The number of carbonyl (C=O) groups is 1. The lowest BCUT2D eigenvalue weighted by atomic mass is 9.84. The van der Waals surface area contributed by atoms with Crippen LogP contribution < -0.4 is 14.8 Å². The van der Waals surface area contributed by atoms with Gasteiger partial charge in [-0.3, -0.25) is 4.79 Å². The van der Waals surface area contributed by atoms with Crippen molar-refractivity contribution in [2.45, 2.75) is 32.0 Å². The first-order valence-corrected chi connectivity index (χ1v) is 9.58. The summed E-state index contributed by atoms with van der Waals surface area (Å²) in [5.74, 6) is 0.791. The number of alkyl halides is 3. The van der Waals surface area contributed by atoms with Crippen LogP contribution in [-0.2, 0) is 17.6 Å². The number of benzene rings is 2. The predicted molar refractivity (Wildman–Crippen MR) is 107 cm³/mol. The second-order valence-corrected chi connectivity index (χ2v) is 7.29. The fraction of sp³-hybridized carbons (Fsp3) is 0.273. The van der Waals surface area contributed by atoms with Gasteiger partial charge in [-0.2, -0.15) is 18.3 Å². The van der Waals surface area contributed by atoms with E-state index in [1.807, 2.05) is 24.3 Å². The van der Waals surface area contributed by atoms with Gasteiger partial charge in [-0.05, 0) is 41.8 Å². The Kier molecular flexibility index (Phi) is 5.34. The molecule has 0 bridgehead atoms. The SMILES string of the molecule is COc1[nH]nc2c1C(c1ccccc1COc1ccc(C(F)(F)F)cc1C)CC(=O)N2. The first-order valence-electron chi connectivity index (χ1n) is 9.58. The molecule has 31 heavy (non-hydrogen) atoms. The van der Waals surface area contributed by atoms with Crippen LogP contribution in [0.15, 0.2) is 42.5 Å². The van der Waals surface area contributed by atoms with Gasteiger partial charge >= 0.3 is 6.18 Å². The van der Waals surface area contributed by atoms with Crippen LogP contribution in [0.2, 0.25) is 0 Å². The first-order chi connectivity index (χ1) is 14.8. The third-order valence-electron chi connectivity index (χ3n) is 5.28. The van der Waals surface area contributed by atoms with E-state index < -0.39 is 11.7 Å². The number of hydrogen-bond acceptors (Lipinski definition) is 4. The number of fused-ring (bicyclic) bond motifs is 1. The van der Waals surface area contributed by atoms with Crippen molar-refractivity contribution in [3.05, 3.63) is 70.3 Å². The van der Waals surface area contributed by atoms with Crippen molar-refractivity contribution in [2.75, 3.05) is 12.4 Å². The number of aryl methyl sites for hydroxylation is 1. The number of carbonyl (C=O) groups excluding carboxylic acids is 1. The summed E-state index contributed by atoms with van der Waals surface area (Å²) in [4.78, 5) is 12.2. The highest BCUT2D eigenvalue weighted by molar-refractivity contribution is 5.94. The molecule has 1 aliphatic heterocycles. The summed E-state index contributed by atoms with van der Waals surface area (Å²) < 4.78 is 49.9. The Morgan fingerprint density at radius 2 is 1.97 bits per heavy atom. The third kappa shape index (κ3) is 4.08. The Hall–Kier alpha value is -3.49. The zero-order chi connectivity index (χ0) is 22.2. The minimum Gasteiger partial charge on any atom is -0.489 e. The molecule has 1 aromatic heterocycles. The summed E-state index contributed by atoms with van der Waals surface area (Å²) in [6.07, 6.45) is -4.20. The third-order valence-corrected chi connectivity index (χ3v) is 5.28. The molecule has 2 heterocycles. The average Bonchev–Trinajstić information content (AvgIpc) is 3.14. The second kappa shape index (κ2) is 7.98. The fourth-order valence-electron chi connectivity index (χ4n) is 3.79. The number of hydrogen-bond donors (Lipinski definition) is 2. The molecule has 3 aromatic rings. The van der Waals surface area contributed by atoms with Gasteiger partial charge in [-0.25, -0.2) is 5.10 Å². The number of H-pyrrole nitrogens is 1. The number of rotatable bonds is 5. The van der Waals surface area contributed by atoms with E-state index in [1.54, 1.807) is 6.92 Å². The molecule has 1 amide bonds. The molecular weight excluding hydrogens is 411 g/mol. The minimum atomic E-state index is -4.40. The second-order valence-electron chi connectivity index (χ2n) is 7.29. The van der Waals surface area contributed by atoms with E-state index >= 15 is 0 Å². The van der Waals surface area contributed by atoms with E-state index in [2.05, 4.69) is 15.5 Å². The van der Waals surface area contributed by atoms with Crippen LogP contribution in [0, 0.1) is 6.92 Å². The number of aromatic nitrogens is 2. The Bertz CT molecular complexity index is 1120. The van der Waals surface area contributed by atoms with Crippen molar-refractivity contribution in [3.63, 3.8) is 0 Å². The number of ether oxygens (including phenoxy) is 2. The van der Waals surface area contributed by atoms with E-state index in [1.165, 1.54) is 13.2 Å². The molecule has 0 spiro atoms. The van der Waals surface area contributed by atoms with Crippen LogP contribution in [0.4, 0.5) is 19.0 Å². The number of nitrogens with zero attached hydrogens (tertiary/aromatic N) is 1. The van der Waals surface area contributed by atoms with Crippen molar-refractivity contribution in [1.82, 2.24) is 10.2 Å². The van der Waals surface area contributed by atoms with E-state index in [0.717, 1.165) is 28.8 Å². The monoisotopic (exact) mass is 431 g/mol. The summed E-state index contributed by atoms with van der Waals surface area (Å²) in [5, 5.41) is 9.62. The summed E-state index contributed by atoms with van der Waals surface area (Å²) >= 11 is 0. The molecule has 4 rings (SSSR count). The molecular formula is C22H20F3N3O3. The normalized spacial score (nSPS) is 15.9. The van der Waals surface area contributed by atoms with Gasteiger partial charge in [-0.15, -0.1) is 0 Å². The zero-order valence-electron chi connectivity index (χ0n) is 16.8. The minimum absolute atomic E-state index is 0.135. The van der Waals surface area contributed by atoms with Crippen LogP contribution >= 0.6 is 0 Å². The van der Waals surface area contributed by atoms with Gasteiger partial charge in [0.1, 0.15) is 12.4 Å². The molecule has 0 saturated heterocycles. The molecule has 2 N–H and O–H groups in total. The molecule has 0 aliphatic carbocycles. The van der Waals surface area contributed by atoms with Gasteiger partial charge in [0.25, 0.3) is 0 Å². The molecule has 1 atom stereocenters. The van der Waals surface area contributed by atoms with Gasteiger partial charge < -0.3 is 14.8 Å². The van der Waals surface area contributed by atoms with Crippen molar-refractivity contribution in [3.8, 4) is 11.6 Å². The van der Waals surface area contributed by atoms with Crippen LogP contribution in [0.1, 0.15) is 40.2 Å². The van der Waals surface area contributed by atoms with Gasteiger partial charge in [0.2, 0.25) is 11.8 Å². The number of amides is 1. The lowest BCUT2D eigenvalue weighted by molar-refractivity contribution is -0.137. The summed E-state index contributed by atoms with van der Waals surface area (Å²) in [6, 6.07) is 10.9. The largest absolute Gasteiger partial charge is 0.489 e. The predicted octanol–water partition coefficient (Wildman–Crippen LogP) is 4.80. The standard InChI is InChI=1S/C22H20F3N3O3/c1-12-9-14(22(23,24)25)7-8-17(12)31-11-13-5-3-4-6-15(13)16-10-18(29)26-20-19(16)21(30-2)28-27-20/h3-9,16H,10-11H2,1-2H3,(H2,26,27,28,29). The van der Waals surface area contributed by atoms with Crippen molar-refractivity contribution >= 4 is 11.7 Å². The maximum atomic E-state index is 12.9. The molecule has 0 radical (unpaired) electrons. The zero-order valence-corrected chi connectivity index (χ0v) is 16.8. The van der Waals surface area contributed by atoms with Crippen LogP contribution in [0.5, 0.6) is 11.6 Å². The highest BCUT2D eigenvalue weighted by Crippen LogP contribution is 2.42. The highest BCUT2D eigenvalue weighted by Gasteiger charge is 2.34. The maximum Gasteiger partial charge on any atom is 0.416 e. The molecule has 162 valence electrons. The highest BCUT2D eigenvalue weighted by atomic mass is 19.4. The summed E-state index contributed by atoms with van der Waals surface area (Å²) in [7, 11) is 1.52. The maximum absolute atomic E-state index is 12.9. The molecule has 2 aromatic carbocycles. The molecule has 0 saturated carbocycles.